The highest BCUT2D eigenvalue weighted by atomic mass is 16.5. The van der Waals surface area contributed by atoms with Gasteiger partial charge in [-0.3, -0.25) is 0 Å². The number of para-hydroxylation sites is 1. The molecule has 0 radical (unpaired) electrons. The molecular formula is C19H16N2O2. The van der Waals surface area contributed by atoms with Gasteiger partial charge >= 0.3 is 5.97 Å². The standard InChI is InChI=1S/C19H16N2O2/c22-19(23-15-16-7-3-1-4-8-16)12-11-17-13-14-21(20-17)18-9-5-2-6-10-18/h1-14H,15H2. The molecule has 0 saturated carbocycles. The number of ether oxygens (including phenoxy) is 1. The minimum Gasteiger partial charge on any atom is -0.458 e. The molecule has 3 aromatic rings. The number of esters is 1. The van der Waals surface area contributed by atoms with Gasteiger partial charge in [0.1, 0.15) is 6.61 Å². The fourth-order valence-electron chi connectivity index (χ4n) is 2.08. The monoisotopic (exact) mass is 304 g/mol. The van der Waals surface area contributed by atoms with Crippen LogP contribution in [0, 0.1) is 0 Å². The Morgan fingerprint density at radius 2 is 1.70 bits per heavy atom. The maximum Gasteiger partial charge on any atom is 0.331 e. The topological polar surface area (TPSA) is 44.1 Å². The maximum atomic E-state index is 11.7. The molecule has 0 bridgehead atoms. The number of hydrogen-bond acceptors (Lipinski definition) is 3. The van der Waals surface area contributed by atoms with Crippen molar-refractivity contribution in [2.24, 2.45) is 0 Å². The first-order valence-electron chi connectivity index (χ1n) is 7.31. The molecule has 0 aliphatic rings. The summed E-state index contributed by atoms with van der Waals surface area (Å²) in [5.74, 6) is -0.386. The lowest BCUT2D eigenvalue weighted by atomic mass is 10.2. The molecule has 2 aromatic carbocycles. The molecule has 0 N–H and O–H groups in total. The zero-order chi connectivity index (χ0) is 15.9. The Bertz CT molecular complexity index is 793. The van der Waals surface area contributed by atoms with Crippen LogP contribution in [-0.4, -0.2) is 15.7 Å². The van der Waals surface area contributed by atoms with Gasteiger partial charge in [0.25, 0.3) is 0 Å². The van der Waals surface area contributed by atoms with Gasteiger partial charge in [-0.2, -0.15) is 5.10 Å². The molecule has 0 saturated heterocycles. The Hall–Kier alpha value is -3.14. The molecule has 23 heavy (non-hydrogen) atoms. The molecule has 0 aliphatic heterocycles. The van der Waals surface area contributed by atoms with Gasteiger partial charge in [0, 0.05) is 12.3 Å². The van der Waals surface area contributed by atoms with Crippen LogP contribution in [0.5, 0.6) is 0 Å². The molecule has 4 nitrogen and oxygen atoms in total. The first kappa shape index (κ1) is 14.8. The fraction of sp³-hybridized carbons (Fsp3) is 0.0526. The van der Waals surface area contributed by atoms with Crippen molar-refractivity contribution in [3.63, 3.8) is 0 Å². The van der Waals surface area contributed by atoms with Crippen molar-refractivity contribution in [1.82, 2.24) is 9.78 Å². The fourth-order valence-corrected chi connectivity index (χ4v) is 2.08. The molecule has 0 fully saturated rings. The highest BCUT2D eigenvalue weighted by Gasteiger charge is 2.01. The van der Waals surface area contributed by atoms with Gasteiger partial charge in [-0.05, 0) is 29.8 Å². The van der Waals surface area contributed by atoms with Crippen molar-refractivity contribution >= 4 is 12.0 Å². The number of carbonyl (C=O) groups is 1. The highest BCUT2D eigenvalue weighted by Crippen LogP contribution is 2.08. The number of nitrogens with zero attached hydrogens (tertiary/aromatic N) is 2. The molecule has 3 rings (SSSR count). The van der Waals surface area contributed by atoms with Crippen molar-refractivity contribution in [1.29, 1.82) is 0 Å². The van der Waals surface area contributed by atoms with E-state index in [-0.39, 0.29) is 12.6 Å². The molecule has 0 aliphatic carbocycles. The van der Waals surface area contributed by atoms with Gasteiger partial charge in [0.15, 0.2) is 0 Å². The highest BCUT2D eigenvalue weighted by molar-refractivity contribution is 5.86. The second-order valence-corrected chi connectivity index (χ2v) is 4.95. The minimum atomic E-state index is -0.386. The molecule has 0 spiro atoms. The number of aromatic nitrogens is 2. The second kappa shape index (κ2) is 7.22. The molecule has 0 atom stereocenters. The van der Waals surface area contributed by atoms with E-state index >= 15 is 0 Å². The number of rotatable bonds is 5. The molecule has 0 amide bonds. The summed E-state index contributed by atoms with van der Waals surface area (Å²) in [7, 11) is 0. The van der Waals surface area contributed by atoms with Crippen LogP contribution in [0.3, 0.4) is 0 Å². The third-order valence-corrected chi connectivity index (χ3v) is 3.24. The minimum absolute atomic E-state index is 0.266. The summed E-state index contributed by atoms with van der Waals surface area (Å²) in [6.45, 7) is 0.266. The summed E-state index contributed by atoms with van der Waals surface area (Å²) in [4.78, 5) is 11.7. The van der Waals surface area contributed by atoms with Gasteiger partial charge in [-0.15, -0.1) is 0 Å². The summed E-state index contributed by atoms with van der Waals surface area (Å²) in [5, 5.41) is 4.39. The van der Waals surface area contributed by atoms with E-state index in [9.17, 15) is 4.79 Å². The van der Waals surface area contributed by atoms with Gasteiger partial charge in [0.2, 0.25) is 0 Å². The number of benzene rings is 2. The average Bonchev–Trinajstić information content (AvgIpc) is 3.09. The largest absolute Gasteiger partial charge is 0.458 e. The molecule has 114 valence electrons. The van der Waals surface area contributed by atoms with Crippen LogP contribution in [0.4, 0.5) is 0 Å². The molecule has 0 unspecified atom stereocenters. The third kappa shape index (κ3) is 4.17. The first-order chi connectivity index (χ1) is 11.3. The summed E-state index contributed by atoms with van der Waals surface area (Å²) in [6.07, 6.45) is 4.89. The van der Waals surface area contributed by atoms with E-state index in [0.717, 1.165) is 11.3 Å². The van der Waals surface area contributed by atoms with E-state index in [0.29, 0.717) is 5.69 Å². The predicted molar refractivity (Wildman–Crippen MR) is 88.8 cm³/mol. The van der Waals surface area contributed by atoms with Crippen molar-refractivity contribution in [2.45, 2.75) is 6.61 Å². The first-order valence-corrected chi connectivity index (χ1v) is 7.31. The Kier molecular flexibility index (Phi) is 4.64. The molecule has 1 aromatic heterocycles. The molecular weight excluding hydrogens is 288 g/mol. The van der Waals surface area contributed by atoms with Crippen LogP contribution in [0.15, 0.2) is 79.0 Å². The van der Waals surface area contributed by atoms with Crippen LogP contribution in [0.2, 0.25) is 0 Å². The Balaban J connectivity index is 1.58. The van der Waals surface area contributed by atoms with Gasteiger partial charge < -0.3 is 4.74 Å². The van der Waals surface area contributed by atoms with Crippen molar-refractivity contribution in [3.8, 4) is 5.69 Å². The summed E-state index contributed by atoms with van der Waals surface area (Å²) >= 11 is 0. The summed E-state index contributed by atoms with van der Waals surface area (Å²) in [5.41, 5.74) is 2.63. The van der Waals surface area contributed by atoms with Gasteiger partial charge in [-0.1, -0.05) is 48.5 Å². The van der Waals surface area contributed by atoms with E-state index in [1.54, 1.807) is 10.8 Å². The van der Waals surface area contributed by atoms with E-state index < -0.39 is 0 Å². The Morgan fingerprint density at radius 1 is 1.00 bits per heavy atom. The van der Waals surface area contributed by atoms with Crippen molar-refractivity contribution in [3.05, 3.63) is 90.3 Å². The smallest absolute Gasteiger partial charge is 0.331 e. The number of carbonyl (C=O) groups excluding carboxylic acids is 1. The van der Waals surface area contributed by atoms with E-state index in [1.165, 1.54) is 6.08 Å². The van der Waals surface area contributed by atoms with E-state index in [4.69, 9.17) is 4.74 Å². The van der Waals surface area contributed by atoms with Crippen LogP contribution >= 0.6 is 0 Å². The van der Waals surface area contributed by atoms with Crippen LogP contribution in [-0.2, 0) is 16.1 Å². The van der Waals surface area contributed by atoms with Crippen LogP contribution in [0.25, 0.3) is 11.8 Å². The zero-order valence-electron chi connectivity index (χ0n) is 12.5. The lowest BCUT2D eigenvalue weighted by Crippen LogP contribution is -2.00. The SMILES string of the molecule is O=C(C=Cc1ccn(-c2ccccc2)n1)OCc1ccccc1. The average molecular weight is 304 g/mol. The number of hydrogen-bond donors (Lipinski definition) is 0. The zero-order valence-corrected chi connectivity index (χ0v) is 12.5. The van der Waals surface area contributed by atoms with E-state index in [1.807, 2.05) is 72.9 Å². The summed E-state index contributed by atoms with van der Waals surface area (Å²) in [6, 6.07) is 21.2. The van der Waals surface area contributed by atoms with Crippen LogP contribution < -0.4 is 0 Å². The Morgan fingerprint density at radius 3 is 2.43 bits per heavy atom. The van der Waals surface area contributed by atoms with Crippen LogP contribution in [0.1, 0.15) is 11.3 Å². The Labute approximate surface area is 134 Å². The van der Waals surface area contributed by atoms with Gasteiger partial charge in [-0.25, -0.2) is 9.48 Å². The van der Waals surface area contributed by atoms with Gasteiger partial charge in [0.05, 0.1) is 11.4 Å². The summed E-state index contributed by atoms with van der Waals surface area (Å²) < 4.78 is 6.94. The quantitative estimate of drug-likeness (QED) is 0.534. The van der Waals surface area contributed by atoms with Crippen molar-refractivity contribution in [2.75, 3.05) is 0 Å². The van der Waals surface area contributed by atoms with E-state index in [2.05, 4.69) is 5.10 Å². The molecule has 4 heteroatoms. The van der Waals surface area contributed by atoms with Crippen molar-refractivity contribution < 1.29 is 9.53 Å². The lowest BCUT2D eigenvalue weighted by molar-refractivity contribution is -0.138. The lowest BCUT2D eigenvalue weighted by Gasteiger charge is -2.01. The predicted octanol–water partition coefficient (Wildman–Crippen LogP) is 3.63. The molecule has 1 heterocycles. The maximum absolute atomic E-state index is 11.7. The normalized spacial score (nSPS) is 10.8. The third-order valence-electron chi connectivity index (χ3n) is 3.24. The second-order valence-electron chi connectivity index (χ2n) is 4.95.